The number of H-pyrrole nitrogens is 1. The lowest BCUT2D eigenvalue weighted by Gasteiger charge is -2.07. The van der Waals surface area contributed by atoms with Gasteiger partial charge in [-0.1, -0.05) is 53.0 Å². The maximum absolute atomic E-state index is 12.1. The number of benzene rings is 1. The van der Waals surface area contributed by atoms with Gasteiger partial charge in [0.1, 0.15) is 5.02 Å². The number of para-hydroxylation sites is 1. The van der Waals surface area contributed by atoms with Gasteiger partial charge in [0.2, 0.25) is 0 Å². The Bertz CT molecular complexity index is 967. The van der Waals surface area contributed by atoms with Crippen molar-refractivity contribution >= 4 is 63.5 Å². The van der Waals surface area contributed by atoms with Crippen molar-refractivity contribution in [1.29, 1.82) is 0 Å². The standard InChI is InChI=1S/C15H10Cl3N5O/c16-10-12(19)11(17)14(18)22-13(10)15(24)23-21-6-7-5-20-9-4-2-1-3-8(7)9/h1-6,20H,(H2,19,22)(H,23,24). The lowest BCUT2D eigenvalue weighted by Crippen LogP contribution is -2.20. The Morgan fingerprint density at radius 2 is 2.00 bits per heavy atom. The van der Waals surface area contributed by atoms with Crippen LogP contribution >= 0.6 is 34.8 Å². The Kier molecular flexibility index (Phi) is 4.62. The van der Waals surface area contributed by atoms with Crippen LogP contribution in [-0.2, 0) is 0 Å². The number of hydrogen-bond donors (Lipinski definition) is 3. The highest BCUT2D eigenvalue weighted by Gasteiger charge is 2.19. The third kappa shape index (κ3) is 3.03. The van der Waals surface area contributed by atoms with Crippen molar-refractivity contribution in [3.63, 3.8) is 0 Å². The van der Waals surface area contributed by atoms with Crippen LogP contribution in [-0.4, -0.2) is 22.1 Å². The number of amides is 1. The number of halogens is 3. The molecule has 9 heteroatoms. The molecular formula is C15H10Cl3N5O. The largest absolute Gasteiger partial charge is 0.396 e. The molecule has 24 heavy (non-hydrogen) atoms. The predicted octanol–water partition coefficient (Wildman–Crippen LogP) is 3.87. The molecule has 3 rings (SSSR count). The van der Waals surface area contributed by atoms with Gasteiger partial charge in [0, 0.05) is 22.7 Å². The first-order chi connectivity index (χ1) is 11.5. The highest BCUT2D eigenvalue weighted by atomic mass is 35.5. The molecule has 0 atom stereocenters. The molecule has 2 heterocycles. The molecule has 122 valence electrons. The van der Waals surface area contributed by atoms with E-state index in [9.17, 15) is 4.79 Å². The summed E-state index contributed by atoms with van der Waals surface area (Å²) in [5.41, 5.74) is 9.63. The molecule has 1 amide bonds. The number of carbonyl (C=O) groups excluding carboxylic acids is 1. The molecule has 0 bridgehead atoms. The van der Waals surface area contributed by atoms with E-state index < -0.39 is 5.91 Å². The number of rotatable bonds is 3. The smallest absolute Gasteiger partial charge is 0.291 e. The molecule has 0 spiro atoms. The van der Waals surface area contributed by atoms with Gasteiger partial charge in [-0.15, -0.1) is 0 Å². The first-order valence-electron chi connectivity index (χ1n) is 6.68. The average molecular weight is 383 g/mol. The summed E-state index contributed by atoms with van der Waals surface area (Å²) >= 11 is 17.6. The van der Waals surface area contributed by atoms with Crippen molar-refractivity contribution in [1.82, 2.24) is 15.4 Å². The molecule has 6 nitrogen and oxygen atoms in total. The second-order valence-electron chi connectivity index (χ2n) is 4.78. The minimum Gasteiger partial charge on any atom is -0.396 e. The first kappa shape index (κ1) is 16.6. The number of pyridine rings is 1. The minimum atomic E-state index is -0.652. The maximum atomic E-state index is 12.1. The summed E-state index contributed by atoms with van der Waals surface area (Å²) in [7, 11) is 0. The molecule has 0 aliphatic carbocycles. The second kappa shape index (κ2) is 6.68. The van der Waals surface area contributed by atoms with Crippen LogP contribution < -0.4 is 11.2 Å². The van der Waals surface area contributed by atoms with Gasteiger partial charge < -0.3 is 10.7 Å². The Morgan fingerprint density at radius 1 is 1.25 bits per heavy atom. The van der Waals surface area contributed by atoms with Gasteiger partial charge in [0.05, 0.1) is 16.9 Å². The van der Waals surface area contributed by atoms with Crippen LogP contribution in [0.3, 0.4) is 0 Å². The summed E-state index contributed by atoms with van der Waals surface area (Å²) in [6.45, 7) is 0. The number of aromatic nitrogens is 2. The monoisotopic (exact) mass is 381 g/mol. The van der Waals surface area contributed by atoms with Gasteiger partial charge in [-0.2, -0.15) is 5.10 Å². The van der Waals surface area contributed by atoms with E-state index >= 15 is 0 Å². The SMILES string of the molecule is Nc1c(Cl)c(Cl)nc(C(=O)NN=Cc2c[nH]c3ccccc23)c1Cl. The molecule has 2 aromatic heterocycles. The fourth-order valence-electron chi connectivity index (χ4n) is 2.10. The lowest BCUT2D eigenvalue weighted by atomic mass is 10.2. The van der Waals surface area contributed by atoms with E-state index in [-0.39, 0.29) is 26.6 Å². The normalized spacial score (nSPS) is 11.3. The van der Waals surface area contributed by atoms with Gasteiger partial charge in [-0.3, -0.25) is 4.79 Å². The molecule has 0 saturated heterocycles. The molecule has 0 radical (unpaired) electrons. The van der Waals surface area contributed by atoms with Crippen molar-refractivity contribution < 1.29 is 4.79 Å². The Balaban J connectivity index is 1.81. The number of aromatic amines is 1. The number of carbonyl (C=O) groups is 1. The molecule has 0 fully saturated rings. The summed E-state index contributed by atoms with van der Waals surface area (Å²) in [6.07, 6.45) is 3.29. The number of nitrogens with two attached hydrogens (primary N) is 1. The van der Waals surface area contributed by atoms with Crippen LogP contribution in [0.5, 0.6) is 0 Å². The van der Waals surface area contributed by atoms with Crippen molar-refractivity contribution in [3.05, 3.63) is 56.9 Å². The Morgan fingerprint density at radius 3 is 2.79 bits per heavy atom. The van der Waals surface area contributed by atoms with Gasteiger partial charge in [-0.05, 0) is 6.07 Å². The quantitative estimate of drug-likeness (QED) is 0.364. The number of nitrogens with zero attached hydrogens (tertiary/aromatic N) is 2. The van der Waals surface area contributed by atoms with Gasteiger partial charge in [0.25, 0.3) is 5.91 Å². The molecule has 0 aliphatic rings. The maximum Gasteiger partial charge on any atom is 0.291 e. The third-order valence-electron chi connectivity index (χ3n) is 3.28. The van der Waals surface area contributed by atoms with E-state index in [2.05, 4.69) is 20.5 Å². The Labute approximate surface area is 151 Å². The highest BCUT2D eigenvalue weighted by Crippen LogP contribution is 2.34. The van der Waals surface area contributed by atoms with Crippen LogP contribution in [0.2, 0.25) is 15.2 Å². The first-order valence-corrected chi connectivity index (χ1v) is 7.82. The average Bonchev–Trinajstić information content (AvgIpc) is 2.99. The summed E-state index contributed by atoms with van der Waals surface area (Å²) < 4.78 is 0. The van der Waals surface area contributed by atoms with Gasteiger partial charge in [0.15, 0.2) is 10.8 Å². The molecule has 1 aromatic carbocycles. The van der Waals surface area contributed by atoms with E-state index in [4.69, 9.17) is 40.5 Å². The fraction of sp³-hybridized carbons (Fsp3) is 0. The number of hydrazone groups is 1. The third-order valence-corrected chi connectivity index (χ3v) is 4.41. The molecular weight excluding hydrogens is 373 g/mol. The summed E-state index contributed by atoms with van der Waals surface area (Å²) in [6, 6.07) is 7.71. The predicted molar refractivity (Wildman–Crippen MR) is 97.0 cm³/mol. The van der Waals surface area contributed by atoms with Crippen LogP contribution in [0.1, 0.15) is 16.1 Å². The van der Waals surface area contributed by atoms with Crippen molar-refractivity contribution in [2.75, 3.05) is 5.73 Å². The van der Waals surface area contributed by atoms with Gasteiger partial charge >= 0.3 is 0 Å². The summed E-state index contributed by atoms with van der Waals surface area (Å²) in [5.74, 6) is -0.652. The molecule has 0 unspecified atom stereocenters. The number of anilines is 1. The van der Waals surface area contributed by atoms with Crippen LogP contribution in [0.4, 0.5) is 5.69 Å². The molecule has 4 N–H and O–H groups in total. The van der Waals surface area contributed by atoms with Crippen LogP contribution in [0, 0.1) is 0 Å². The number of nitrogens with one attached hydrogen (secondary N) is 2. The van der Waals surface area contributed by atoms with Crippen LogP contribution in [0.15, 0.2) is 35.6 Å². The van der Waals surface area contributed by atoms with E-state index in [1.165, 1.54) is 6.21 Å². The summed E-state index contributed by atoms with van der Waals surface area (Å²) in [4.78, 5) is 19.1. The molecule has 3 aromatic rings. The van der Waals surface area contributed by atoms with Gasteiger partial charge in [-0.25, -0.2) is 10.4 Å². The van der Waals surface area contributed by atoms with E-state index in [1.807, 2.05) is 24.3 Å². The van der Waals surface area contributed by atoms with Crippen molar-refractivity contribution in [2.45, 2.75) is 0 Å². The summed E-state index contributed by atoms with van der Waals surface area (Å²) in [5, 5.41) is 4.69. The number of hydrogen-bond acceptors (Lipinski definition) is 4. The van der Waals surface area contributed by atoms with Crippen molar-refractivity contribution in [3.8, 4) is 0 Å². The van der Waals surface area contributed by atoms with Crippen molar-refractivity contribution in [2.24, 2.45) is 5.10 Å². The zero-order valence-electron chi connectivity index (χ0n) is 12.0. The zero-order chi connectivity index (χ0) is 17.3. The van der Waals surface area contributed by atoms with E-state index in [0.29, 0.717) is 0 Å². The number of fused-ring (bicyclic) bond motifs is 1. The highest BCUT2D eigenvalue weighted by molar-refractivity contribution is 6.46. The zero-order valence-corrected chi connectivity index (χ0v) is 14.2. The minimum absolute atomic E-state index is 0.000473. The topological polar surface area (TPSA) is 96.2 Å². The van der Waals surface area contributed by atoms with E-state index in [0.717, 1.165) is 16.5 Å². The van der Waals surface area contributed by atoms with E-state index in [1.54, 1.807) is 6.20 Å². The lowest BCUT2D eigenvalue weighted by molar-refractivity contribution is 0.0950. The molecule has 0 saturated carbocycles. The fourth-order valence-corrected chi connectivity index (χ4v) is 2.69. The second-order valence-corrected chi connectivity index (χ2v) is 5.90. The van der Waals surface area contributed by atoms with Crippen LogP contribution in [0.25, 0.3) is 10.9 Å². The molecule has 0 aliphatic heterocycles. The Hall–Kier alpha value is -2.28. The number of nitrogen functional groups attached to an aromatic ring is 1.